The monoisotopic (exact) mass is 377 g/mol. The number of aliphatic hydroxyl groups excluding tert-OH is 1. The van der Waals surface area contributed by atoms with Gasteiger partial charge < -0.3 is 10.4 Å². The highest BCUT2D eigenvalue weighted by Crippen LogP contribution is 2.09. The van der Waals surface area contributed by atoms with Crippen LogP contribution in [-0.4, -0.2) is 43.6 Å². The third kappa shape index (κ3) is 6.49. The van der Waals surface area contributed by atoms with E-state index in [0.717, 1.165) is 17.1 Å². The molecule has 28 heavy (non-hydrogen) atoms. The van der Waals surface area contributed by atoms with Crippen LogP contribution >= 0.6 is 0 Å². The van der Waals surface area contributed by atoms with Crippen molar-refractivity contribution in [3.63, 3.8) is 0 Å². The molecule has 6 nitrogen and oxygen atoms in total. The molecule has 0 aliphatic rings. The summed E-state index contributed by atoms with van der Waals surface area (Å²) in [6, 6.07) is 17.5. The molecular weight excluding hydrogens is 350 g/mol. The topological polar surface area (TPSA) is 74.2 Å². The van der Waals surface area contributed by atoms with Gasteiger partial charge in [0.15, 0.2) is 0 Å². The van der Waals surface area contributed by atoms with Crippen molar-refractivity contribution in [2.45, 2.75) is 38.7 Å². The molecule has 0 aliphatic carbocycles. The number of pyridine rings is 3. The maximum Gasteiger partial charge on any atom is 0.0817 e. The van der Waals surface area contributed by atoms with Crippen LogP contribution in [0.25, 0.3) is 0 Å². The van der Waals surface area contributed by atoms with Crippen LogP contribution in [0.15, 0.2) is 73.2 Å². The Morgan fingerprint density at radius 1 is 0.821 bits per heavy atom. The zero-order valence-electron chi connectivity index (χ0n) is 16.1. The normalized spacial score (nSPS) is 13.4. The van der Waals surface area contributed by atoms with Crippen LogP contribution in [0, 0.1) is 0 Å². The van der Waals surface area contributed by atoms with E-state index < -0.39 is 6.10 Å². The smallest absolute Gasteiger partial charge is 0.0817 e. The Kier molecular flexibility index (Phi) is 7.61. The Labute approximate surface area is 166 Å². The Balaban J connectivity index is 1.60. The summed E-state index contributed by atoms with van der Waals surface area (Å²) in [7, 11) is 0. The van der Waals surface area contributed by atoms with E-state index in [0.29, 0.717) is 26.2 Å². The van der Waals surface area contributed by atoms with Gasteiger partial charge in [-0.1, -0.05) is 18.2 Å². The summed E-state index contributed by atoms with van der Waals surface area (Å²) in [5.41, 5.74) is 2.90. The van der Waals surface area contributed by atoms with Crippen molar-refractivity contribution in [2.75, 3.05) is 6.54 Å². The van der Waals surface area contributed by atoms with Crippen molar-refractivity contribution in [3.05, 3.63) is 90.3 Å². The molecule has 0 fully saturated rings. The predicted octanol–water partition coefficient (Wildman–Crippen LogP) is 2.41. The molecule has 0 saturated heterocycles. The maximum absolute atomic E-state index is 10.8. The third-order valence-corrected chi connectivity index (χ3v) is 4.58. The Bertz CT molecular complexity index is 759. The zero-order chi connectivity index (χ0) is 19.6. The van der Waals surface area contributed by atoms with E-state index in [4.69, 9.17) is 0 Å². The summed E-state index contributed by atoms with van der Waals surface area (Å²) in [5, 5.41) is 14.1. The molecule has 0 bridgehead atoms. The van der Waals surface area contributed by atoms with E-state index in [1.165, 1.54) is 0 Å². The van der Waals surface area contributed by atoms with Crippen molar-refractivity contribution in [3.8, 4) is 0 Å². The second-order valence-corrected chi connectivity index (χ2v) is 6.87. The average Bonchev–Trinajstić information content (AvgIpc) is 2.74. The number of aromatic nitrogens is 3. The zero-order valence-corrected chi connectivity index (χ0v) is 16.1. The minimum absolute atomic E-state index is 0.0722. The predicted molar refractivity (Wildman–Crippen MR) is 109 cm³/mol. The quantitative estimate of drug-likeness (QED) is 0.565. The summed E-state index contributed by atoms with van der Waals surface area (Å²) < 4.78 is 0. The van der Waals surface area contributed by atoms with E-state index >= 15 is 0 Å². The number of aliphatic hydroxyl groups is 1. The standard InChI is InChI=1S/C22H27N5O/c1-18(26-14-19-8-2-5-11-23-19)22(28)17-27(15-20-9-3-6-12-24-20)16-21-10-4-7-13-25-21/h2-13,18,22,26,28H,14-17H2,1H3. The first kappa shape index (κ1) is 20.1. The van der Waals surface area contributed by atoms with Crippen LogP contribution < -0.4 is 5.32 Å². The molecule has 0 amide bonds. The number of hydrogen-bond donors (Lipinski definition) is 2. The van der Waals surface area contributed by atoms with E-state index in [1.807, 2.05) is 61.5 Å². The third-order valence-electron chi connectivity index (χ3n) is 4.58. The van der Waals surface area contributed by atoms with Gasteiger partial charge in [-0.05, 0) is 43.3 Å². The fraction of sp³-hybridized carbons (Fsp3) is 0.318. The summed E-state index contributed by atoms with van der Waals surface area (Å²) in [5.74, 6) is 0. The van der Waals surface area contributed by atoms with Crippen molar-refractivity contribution in [1.29, 1.82) is 0 Å². The highest BCUT2D eigenvalue weighted by atomic mass is 16.3. The minimum atomic E-state index is -0.531. The molecule has 0 aromatic carbocycles. The molecule has 3 aromatic rings. The van der Waals surface area contributed by atoms with Gasteiger partial charge in [-0.2, -0.15) is 0 Å². The number of rotatable bonds is 10. The molecule has 6 heteroatoms. The van der Waals surface area contributed by atoms with Crippen LogP contribution in [0.4, 0.5) is 0 Å². The van der Waals surface area contributed by atoms with E-state index in [-0.39, 0.29) is 6.04 Å². The van der Waals surface area contributed by atoms with Crippen LogP contribution in [0.3, 0.4) is 0 Å². The lowest BCUT2D eigenvalue weighted by Gasteiger charge is -2.28. The molecule has 3 aromatic heterocycles. The number of hydrogen-bond acceptors (Lipinski definition) is 6. The largest absolute Gasteiger partial charge is 0.390 e. The van der Waals surface area contributed by atoms with Crippen LogP contribution in [0.2, 0.25) is 0 Å². The molecule has 0 spiro atoms. The molecule has 3 rings (SSSR count). The van der Waals surface area contributed by atoms with Crippen molar-refractivity contribution < 1.29 is 5.11 Å². The first-order valence-corrected chi connectivity index (χ1v) is 9.54. The highest BCUT2D eigenvalue weighted by Gasteiger charge is 2.19. The lowest BCUT2D eigenvalue weighted by molar-refractivity contribution is 0.0762. The fourth-order valence-corrected chi connectivity index (χ4v) is 2.95. The lowest BCUT2D eigenvalue weighted by atomic mass is 10.1. The Hall–Kier alpha value is -2.67. The van der Waals surface area contributed by atoms with E-state index in [9.17, 15) is 5.11 Å². The Morgan fingerprint density at radius 3 is 1.79 bits per heavy atom. The van der Waals surface area contributed by atoms with Gasteiger partial charge in [0.2, 0.25) is 0 Å². The second kappa shape index (κ2) is 10.6. The van der Waals surface area contributed by atoms with Gasteiger partial charge in [0, 0.05) is 50.8 Å². The van der Waals surface area contributed by atoms with Gasteiger partial charge in [0.1, 0.15) is 0 Å². The first-order valence-electron chi connectivity index (χ1n) is 9.54. The van der Waals surface area contributed by atoms with Gasteiger partial charge in [-0.25, -0.2) is 0 Å². The summed E-state index contributed by atoms with van der Waals surface area (Å²) in [4.78, 5) is 15.3. The van der Waals surface area contributed by atoms with Crippen molar-refractivity contribution in [1.82, 2.24) is 25.2 Å². The SMILES string of the molecule is CC(NCc1ccccn1)C(O)CN(Cc1ccccn1)Cc1ccccn1. The van der Waals surface area contributed by atoms with Crippen LogP contribution in [-0.2, 0) is 19.6 Å². The highest BCUT2D eigenvalue weighted by molar-refractivity contribution is 5.07. The molecule has 3 heterocycles. The molecule has 2 unspecified atom stereocenters. The van der Waals surface area contributed by atoms with Gasteiger partial charge >= 0.3 is 0 Å². The molecule has 0 radical (unpaired) electrons. The Morgan fingerprint density at radius 2 is 1.32 bits per heavy atom. The number of nitrogens with one attached hydrogen (secondary N) is 1. The van der Waals surface area contributed by atoms with E-state index in [1.54, 1.807) is 18.6 Å². The summed E-state index contributed by atoms with van der Waals surface area (Å²) in [6.45, 7) is 4.44. The minimum Gasteiger partial charge on any atom is -0.390 e. The second-order valence-electron chi connectivity index (χ2n) is 6.87. The van der Waals surface area contributed by atoms with Gasteiger partial charge in [0.25, 0.3) is 0 Å². The average molecular weight is 377 g/mol. The number of nitrogens with zero attached hydrogens (tertiary/aromatic N) is 4. The van der Waals surface area contributed by atoms with Gasteiger partial charge in [0.05, 0.1) is 23.2 Å². The maximum atomic E-state index is 10.8. The summed E-state index contributed by atoms with van der Waals surface area (Å²) in [6.07, 6.45) is 4.83. The van der Waals surface area contributed by atoms with Gasteiger partial charge in [-0.3, -0.25) is 19.9 Å². The molecule has 0 aliphatic heterocycles. The van der Waals surface area contributed by atoms with E-state index in [2.05, 4.69) is 25.2 Å². The van der Waals surface area contributed by atoms with Crippen LogP contribution in [0.5, 0.6) is 0 Å². The van der Waals surface area contributed by atoms with Crippen molar-refractivity contribution >= 4 is 0 Å². The molecular formula is C22H27N5O. The first-order chi connectivity index (χ1) is 13.7. The molecule has 2 atom stereocenters. The molecule has 146 valence electrons. The summed E-state index contributed by atoms with van der Waals surface area (Å²) >= 11 is 0. The lowest BCUT2D eigenvalue weighted by Crippen LogP contribution is -2.44. The molecule has 0 saturated carbocycles. The van der Waals surface area contributed by atoms with Crippen LogP contribution in [0.1, 0.15) is 24.0 Å². The fourth-order valence-electron chi connectivity index (χ4n) is 2.95. The van der Waals surface area contributed by atoms with Gasteiger partial charge in [-0.15, -0.1) is 0 Å². The molecule has 2 N–H and O–H groups in total. The van der Waals surface area contributed by atoms with Crippen molar-refractivity contribution in [2.24, 2.45) is 0 Å².